The molecule has 172 valence electrons. The minimum Gasteiger partial charge on any atom is -0.394 e. The van der Waals surface area contributed by atoms with Gasteiger partial charge in [0, 0.05) is 12.0 Å². The fourth-order valence-electron chi connectivity index (χ4n) is 3.42. The maximum absolute atomic E-state index is 14.5. The van der Waals surface area contributed by atoms with Crippen LogP contribution >= 0.6 is 0 Å². The number of amides is 1. The quantitative estimate of drug-likeness (QED) is 0.389. The Hall–Kier alpha value is -4.24. The molecule has 8 nitrogen and oxygen atoms in total. The lowest BCUT2D eigenvalue weighted by Gasteiger charge is -2.13. The SMILES string of the molecule is C[C@H](CO)n1cnnc1-c1cccc(NC(=O)c2cc(CC(=O)c3ccccc3)ccc2F)n1. The molecule has 2 N–H and O–H groups in total. The van der Waals surface area contributed by atoms with Crippen LogP contribution in [0.3, 0.4) is 0 Å². The van der Waals surface area contributed by atoms with E-state index in [2.05, 4.69) is 20.5 Å². The predicted octanol–water partition coefficient (Wildman–Crippen LogP) is 3.71. The van der Waals surface area contributed by atoms with Crippen molar-refractivity contribution in [2.24, 2.45) is 0 Å². The first-order valence-electron chi connectivity index (χ1n) is 10.6. The van der Waals surface area contributed by atoms with Crippen molar-refractivity contribution in [3.05, 3.63) is 95.6 Å². The van der Waals surface area contributed by atoms with Crippen molar-refractivity contribution < 1.29 is 19.1 Å². The van der Waals surface area contributed by atoms with Gasteiger partial charge in [0.25, 0.3) is 5.91 Å². The van der Waals surface area contributed by atoms with Crippen molar-refractivity contribution in [3.63, 3.8) is 0 Å². The minimum absolute atomic E-state index is 0.0387. The van der Waals surface area contributed by atoms with E-state index < -0.39 is 11.7 Å². The molecule has 0 aliphatic carbocycles. The molecule has 0 unspecified atom stereocenters. The Morgan fingerprint density at radius 3 is 2.65 bits per heavy atom. The highest BCUT2D eigenvalue weighted by atomic mass is 19.1. The summed E-state index contributed by atoms with van der Waals surface area (Å²) >= 11 is 0. The molecule has 0 radical (unpaired) electrons. The van der Waals surface area contributed by atoms with E-state index in [1.54, 1.807) is 54.0 Å². The van der Waals surface area contributed by atoms with Crippen molar-refractivity contribution in [3.8, 4) is 11.5 Å². The molecule has 0 spiro atoms. The Bertz CT molecular complexity index is 1320. The molecule has 0 bridgehead atoms. The van der Waals surface area contributed by atoms with E-state index >= 15 is 0 Å². The Morgan fingerprint density at radius 2 is 1.88 bits per heavy atom. The number of carbonyl (C=O) groups is 2. The van der Waals surface area contributed by atoms with E-state index in [9.17, 15) is 19.1 Å². The van der Waals surface area contributed by atoms with Gasteiger partial charge in [-0.1, -0.05) is 42.5 Å². The van der Waals surface area contributed by atoms with E-state index in [4.69, 9.17) is 0 Å². The fraction of sp³-hybridized carbons (Fsp3) is 0.160. The van der Waals surface area contributed by atoms with E-state index in [1.165, 1.54) is 24.5 Å². The fourth-order valence-corrected chi connectivity index (χ4v) is 3.42. The Morgan fingerprint density at radius 1 is 1.09 bits per heavy atom. The Kier molecular flexibility index (Phi) is 6.84. The topological polar surface area (TPSA) is 110 Å². The number of hydrogen-bond donors (Lipinski definition) is 2. The molecule has 4 aromatic rings. The van der Waals surface area contributed by atoms with Gasteiger partial charge in [-0.15, -0.1) is 10.2 Å². The summed E-state index contributed by atoms with van der Waals surface area (Å²) in [5.41, 5.74) is 1.30. The smallest absolute Gasteiger partial charge is 0.259 e. The van der Waals surface area contributed by atoms with E-state index in [1.807, 2.05) is 6.07 Å². The lowest BCUT2D eigenvalue weighted by molar-refractivity contribution is 0.0988. The van der Waals surface area contributed by atoms with E-state index in [0.717, 1.165) is 0 Å². The van der Waals surface area contributed by atoms with E-state index in [0.29, 0.717) is 22.6 Å². The van der Waals surface area contributed by atoms with Gasteiger partial charge < -0.3 is 15.0 Å². The van der Waals surface area contributed by atoms with Gasteiger partial charge in [-0.05, 0) is 36.8 Å². The molecule has 2 aromatic carbocycles. The second kappa shape index (κ2) is 10.1. The molecule has 2 heterocycles. The summed E-state index contributed by atoms with van der Waals surface area (Å²) < 4.78 is 16.1. The second-order valence-electron chi connectivity index (χ2n) is 7.74. The first-order valence-corrected chi connectivity index (χ1v) is 10.6. The molecule has 2 aromatic heterocycles. The molecule has 4 rings (SSSR count). The predicted molar refractivity (Wildman–Crippen MR) is 124 cm³/mol. The van der Waals surface area contributed by atoms with Crippen molar-refractivity contribution >= 4 is 17.5 Å². The number of aliphatic hydroxyl groups excluding tert-OH is 1. The Balaban J connectivity index is 1.53. The van der Waals surface area contributed by atoms with Crippen LogP contribution in [0.2, 0.25) is 0 Å². The molecule has 0 fully saturated rings. The number of rotatable bonds is 8. The number of nitrogens with one attached hydrogen (secondary N) is 1. The second-order valence-corrected chi connectivity index (χ2v) is 7.74. The van der Waals surface area contributed by atoms with Crippen LogP contribution in [0.15, 0.2) is 73.1 Å². The summed E-state index contributed by atoms with van der Waals surface area (Å²) in [5, 5.41) is 19.9. The zero-order chi connectivity index (χ0) is 24.1. The Labute approximate surface area is 195 Å². The number of anilines is 1. The highest BCUT2D eigenvalue weighted by Crippen LogP contribution is 2.21. The maximum atomic E-state index is 14.5. The number of benzene rings is 2. The van der Waals surface area contributed by atoms with Crippen LogP contribution in [0.1, 0.15) is 39.2 Å². The number of aromatic nitrogens is 4. The van der Waals surface area contributed by atoms with Crippen molar-refractivity contribution in [2.45, 2.75) is 19.4 Å². The number of ketones is 1. The first-order chi connectivity index (χ1) is 16.5. The van der Waals surface area contributed by atoms with Crippen LogP contribution < -0.4 is 5.32 Å². The number of pyridine rings is 1. The standard InChI is InChI=1S/C25H22FN5O3/c1-16(14-32)31-15-27-30-24(31)21-8-5-9-23(28-21)29-25(34)19-12-17(10-11-20(19)26)13-22(33)18-6-3-2-4-7-18/h2-12,15-16,32H,13-14H2,1H3,(H,28,29,34)/t16-/m1/s1. The lowest BCUT2D eigenvalue weighted by Crippen LogP contribution is -2.16. The van der Waals surface area contributed by atoms with Crippen LogP contribution in [0.25, 0.3) is 11.5 Å². The molecule has 0 saturated heterocycles. The molecule has 34 heavy (non-hydrogen) atoms. The normalized spacial score (nSPS) is 11.7. The highest BCUT2D eigenvalue weighted by molar-refractivity contribution is 6.04. The summed E-state index contributed by atoms with van der Waals surface area (Å²) in [7, 11) is 0. The lowest BCUT2D eigenvalue weighted by atomic mass is 10.0. The van der Waals surface area contributed by atoms with Gasteiger partial charge in [0.15, 0.2) is 11.6 Å². The third kappa shape index (κ3) is 5.05. The minimum atomic E-state index is -0.707. The summed E-state index contributed by atoms with van der Waals surface area (Å²) in [6.45, 7) is 1.70. The van der Waals surface area contributed by atoms with Gasteiger partial charge in [0.2, 0.25) is 0 Å². The molecule has 1 amide bonds. The van der Waals surface area contributed by atoms with Gasteiger partial charge in [-0.25, -0.2) is 9.37 Å². The van der Waals surface area contributed by atoms with Crippen LogP contribution in [0.4, 0.5) is 10.2 Å². The van der Waals surface area contributed by atoms with Gasteiger partial charge in [-0.2, -0.15) is 0 Å². The first kappa shape index (κ1) is 22.9. The number of carbonyl (C=O) groups excluding carboxylic acids is 2. The monoisotopic (exact) mass is 459 g/mol. The van der Waals surface area contributed by atoms with Crippen LogP contribution in [0.5, 0.6) is 0 Å². The number of halogens is 1. The molecule has 0 aliphatic rings. The van der Waals surface area contributed by atoms with Gasteiger partial charge in [-0.3, -0.25) is 9.59 Å². The van der Waals surface area contributed by atoms with Crippen LogP contribution in [-0.4, -0.2) is 43.2 Å². The summed E-state index contributed by atoms with van der Waals surface area (Å²) in [5.74, 6) is -0.916. The zero-order valence-electron chi connectivity index (χ0n) is 18.4. The maximum Gasteiger partial charge on any atom is 0.259 e. The van der Waals surface area contributed by atoms with Gasteiger partial charge in [0.1, 0.15) is 23.7 Å². The summed E-state index contributed by atoms with van der Waals surface area (Å²) in [6.07, 6.45) is 1.53. The average Bonchev–Trinajstić information content (AvgIpc) is 3.35. The van der Waals surface area contributed by atoms with Crippen molar-refractivity contribution in [1.82, 2.24) is 19.7 Å². The number of hydrogen-bond acceptors (Lipinski definition) is 6. The van der Waals surface area contributed by atoms with Crippen LogP contribution in [-0.2, 0) is 6.42 Å². The highest BCUT2D eigenvalue weighted by Gasteiger charge is 2.17. The molecule has 0 saturated carbocycles. The van der Waals surface area contributed by atoms with E-state index in [-0.39, 0.29) is 36.2 Å². The summed E-state index contributed by atoms with van der Waals surface area (Å²) in [6, 6.07) is 17.5. The molecule has 0 aliphatic heterocycles. The van der Waals surface area contributed by atoms with Crippen LogP contribution in [0, 0.1) is 5.82 Å². The number of nitrogens with zero attached hydrogens (tertiary/aromatic N) is 4. The summed E-state index contributed by atoms with van der Waals surface area (Å²) in [4.78, 5) is 29.7. The zero-order valence-corrected chi connectivity index (χ0v) is 18.4. The third-order valence-electron chi connectivity index (χ3n) is 5.27. The largest absolute Gasteiger partial charge is 0.394 e. The van der Waals surface area contributed by atoms with Gasteiger partial charge in [0.05, 0.1) is 18.2 Å². The average molecular weight is 459 g/mol. The molecule has 9 heteroatoms. The molecular weight excluding hydrogens is 437 g/mol. The number of Topliss-reactive ketones (excluding diaryl/α,β-unsaturated/α-hetero) is 1. The molecule has 1 atom stereocenters. The number of aliphatic hydroxyl groups is 1. The molecular formula is C25H22FN5O3. The van der Waals surface area contributed by atoms with Crippen molar-refractivity contribution in [2.75, 3.05) is 11.9 Å². The van der Waals surface area contributed by atoms with Crippen molar-refractivity contribution in [1.29, 1.82) is 0 Å². The van der Waals surface area contributed by atoms with Gasteiger partial charge >= 0.3 is 0 Å². The third-order valence-corrected chi connectivity index (χ3v) is 5.27.